The summed E-state index contributed by atoms with van der Waals surface area (Å²) in [6, 6.07) is 9.84. The van der Waals surface area contributed by atoms with Crippen molar-refractivity contribution in [2.24, 2.45) is 0 Å². The van der Waals surface area contributed by atoms with Crippen LogP contribution in [0.5, 0.6) is 5.75 Å². The molecule has 1 N–H and O–H groups in total. The van der Waals surface area contributed by atoms with Gasteiger partial charge in [-0.1, -0.05) is 0 Å². The minimum Gasteiger partial charge on any atom is -0.490 e. The van der Waals surface area contributed by atoms with Crippen LogP contribution < -0.4 is 10.1 Å². The number of rotatable bonds is 6. The van der Waals surface area contributed by atoms with Crippen LogP contribution in [-0.2, 0) is 0 Å². The van der Waals surface area contributed by atoms with Crippen LogP contribution in [0, 0.1) is 11.3 Å². The van der Waals surface area contributed by atoms with Crippen LogP contribution in [0.3, 0.4) is 0 Å². The number of anilines is 1. The van der Waals surface area contributed by atoms with Gasteiger partial charge in [0.05, 0.1) is 18.6 Å². The SMILES string of the molecule is N#CCCN(C(=O)Nc1ccc(OC2CCCC2)cc1)C1CC1. The first-order valence-electron chi connectivity index (χ1n) is 8.47. The molecule has 3 rings (SSSR count). The highest BCUT2D eigenvalue weighted by atomic mass is 16.5. The second-order valence-corrected chi connectivity index (χ2v) is 6.31. The Kier molecular flexibility index (Phi) is 5.02. The molecule has 0 atom stereocenters. The first-order valence-corrected chi connectivity index (χ1v) is 8.47. The predicted molar refractivity (Wildman–Crippen MR) is 88.3 cm³/mol. The van der Waals surface area contributed by atoms with E-state index >= 15 is 0 Å². The minimum atomic E-state index is -0.118. The minimum absolute atomic E-state index is 0.118. The maximum Gasteiger partial charge on any atom is 0.322 e. The zero-order chi connectivity index (χ0) is 16.1. The van der Waals surface area contributed by atoms with Gasteiger partial charge in [0.1, 0.15) is 5.75 Å². The summed E-state index contributed by atoms with van der Waals surface area (Å²) < 4.78 is 5.92. The molecule has 122 valence electrons. The number of hydrogen-bond donors (Lipinski definition) is 1. The summed E-state index contributed by atoms with van der Waals surface area (Å²) in [7, 11) is 0. The smallest absolute Gasteiger partial charge is 0.322 e. The molecule has 0 unspecified atom stereocenters. The number of nitrogens with one attached hydrogen (secondary N) is 1. The summed E-state index contributed by atoms with van der Waals surface area (Å²) in [5, 5.41) is 11.6. The fraction of sp³-hybridized carbons (Fsp3) is 0.556. The Bertz CT molecular complexity index is 569. The standard InChI is InChI=1S/C18H23N3O2/c19-12-3-13-21(15-8-9-15)18(22)20-14-6-10-17(11-7-14)23-16-4-1-2-5-16/h6-7,10-11,15-16H,1-5,8-9,13H2,(H,20,22). The van der Waals surface area contributed by atoms with Crippen molar-refractivity contribution >= 4 is 11.7 Å². The van der Waals surface area contributed by atoms with Gasteiger partial charge in [0.25, 0.3) is 0 Å². The number of hydrogen-bond acceptors (Lipinski definition) is 3. The molecule has 1 aromatic rings. The fourth-order valence-electron chi connectivity index (χ4n) is 3.02. The van der Waals surface area contributed by atoms with Crippen LogP contribution in [0.4, 0.5) is 10.5 Å². The number of nitrogens with zero attached hydrogens (tertiary/aromatic N) is 2. The Hall–Kier alpha value is -2.22. The first-order chi connectivity index (χ1) is 11.3. The summed E-state index contributed by atoms with van der Waals surface area (Å²) in [6.07, 6.45) is 7.54. The zero-order valence-electron chi connectivity index (χ0n) is 13.3. The molecule has 0 saturated heterocycles. The van der Waals surface area contributed by atoms with Gasteiger partial charge < -0.3 is 15.0 Å². The lowest BCUT2D eigenvalue weighted by molar-refractivity contribution is 0.209. The largest absolute Gasteiger partial charge is 0.490 e. The molecule has 0 radical (unpaired) electrons. The molecule has 0 heterocycles. The van der Waals surface area contributed by atoms with E-state index in [9.17, 15) is 4.79 Å². The number of ether oxygens (including phenoxy) is 1. The molecule has 0 aliphatic heterocycles. The first kappa shape index (κ1) is 15.7. The van der Waals surface area contributed by atoms with E-state index in [0.29, 0.717) is 25.1 Å². The van der Waals surface area contributed by atoms with Crippen molar-refractivity contribution in [3.8, 4) is 11.8 Å². The summed E-state index contributed by atoms with van der Waals surface area (Å²) in [5.74, 6) is 0.860. The molecular formula is C18H23N3O2. The zero-order valence-corrected chi connectivity index (χ0v) is 13.3. The van der Waals surface area contributed by atoms with Gasteiger partial charge in [-0.25, -0.2) is 4.79 Å². The summed E-state index contributed by atoms with van der Waals surface area (Å²) >= 11 is 0. The van der Waals surface area contributed by atoms with Gasteiger partial charge in [-0.15, -0.1) is 0 Å². The van der Waals surface area contributed by atoms with Gasteiger partial charge in [0, 0.05) is 18.3 Å². The lowest BCUT2D eigenvalue weighted by atomic mass is 10.2. The van der Waals surface area contributed by atoms with Crippen molar-refractivity contribution < 1.29 is 9.53 Å². The molecule has 0 bridgehead atoms. The van der Waals surface area contributed by atoms with E-state index < -0.39 is 0 Å². The molecule has 2 saturated carbocycles. The van der Waals surface area contributed by atoms with Crippen LogP contribution in [0.25, 0.3) is 0 Å². The third-order valence-electron chi connectivity index (χ3n) is 4.42. The van der Waals surface area contributed by atoms with Gasteiger partial charge >= 0.3 is 6.03 Å². The molecule has 5 heteroatoms. The monoisotopic (exact) mass is 313 g/mol. The molecule has 1 aromatic carbocycles. The molecule has 0 spiro atoms. The highest BCUT2D eigenvalue weighted by molar-refractivity contribution is 5.89. The van der Waals surface area contributed by atoms with Crippen LogP contribution in [0.15, 0.2) is 24.3 Å². The topological polar surface area (TPSA) is 65.4 Å². The Morgan fingerprint density at radius 3 is 2.52 bits per heavy atom. The average molecular weight is 313 g/mol. The van der Waals surface area contributed by atoms with E-state index in [-0.39, 0.29) is 6.03 Å². The van der Waals surface area contributed by atoms with E-state index in [4.69, 9.17) is 10.00 Å². The number of benzene rings is 1. The molecule has 2 amide bonds. The lowest BCUT2D eigenvalue weighted by Gasteiger charge is -2.21. The summed E-state index contributed by atoms with van der Waals surface area (Å²) in [4.78, 5) is 14.1. The molecule has 5 nitrogen and oxygen atoms in total. The predicted octanol–water partition coefficient (Wildman–Crippen LogP) is 3.92. The Balaban J connectivity index is 1.54. The highest BCUT2D eigenvalue weighted by Crippen LogP contribution is 2.28. The van der Waals surface area contributed by atoms with Crippen molar-refractivity contribution in [2.75, 3.05) is 11.9 Å². The molecule has 23 heavy (non-hydrogen) atoms. The maximum atomic E-state index is 12.3. The van der Waals surface area contributed by atoms with Gasteiger partial charge in [-0.2, -0.15) is 5.26 Å². The molecule has 0 aromatic heterocycles. The Morgan fingerprint density at radius 1 is 1.22 bits per heavy atom. The molecule has 2 aliphatic carbocycles. The van der Waals surface area contributed by atoms with Crippen LogP contribution in [-0.4, -0.2) is 29.6 Å². The Morgan fingerprint density at radius 2 is 1.91 bits per heavy atom. The summed E-state index contributed by atoms with van der Waals surface area (Å²) in [5.41, 5.74) is 0.761. The van der Waals surface area contributed by atoms with Crippen molar-refractivity contribution in [3.05, 3.63) is 24.3 Å². The van der Waals surface area contributed by atoms with E-state index in [2.05, 4.69) is 11.4 Å². The average Bonchev–Trinajstić information content (AvgIpc) is 3.26. The van der Waals surface area contributed by atoms with Gasteiger partial charge in [-0.3, -0.25) is 0 Å². The molecule has 2 fully saturated rings. The van der Waals surface area contributed by atoms with Crippen molar-refractivity contribution in [2.45, 2.75) is 57.1 Å². The van der Waals surface area contributed by atoms with E-state index in [1.165, 1.54) is 12.8 Å². The quantitative estimate of drug-likeness (QED) is 0.865. The number of amides is 2. The fourth-order valence-corrected chi connectivity index (χ4v) is 3.02. The molecular weight excluding hydrogens is 290 g/mol. The van der Waals surface area contributed by atoms with Gasteiger partial charge in [0.15, 0.2) is 0 Å². The second kappa shape index (κ2) is 7.36. The third kappa shape index (κ3) is 4.38. The second-order valence-electron chi connectivity index (χ2n) is 6.31. The highest BCUT2D eigenvalue weighted by Gasteiger charge is 2.32. The Labute approximate surface area is 137 Å². The number of carbonyl (C=O) groups is 1. The number of carbonyl (C=O) groups excluding carboxylic acids is 1. The molecule has 2 aliphatic rings. The van der Waals surface area contributed by atoms with Crippen molar-refractivity contribution in [3.63, 3.8) is 0 Å². The third-order valence-corrected chi connectivity index (χ3v) is 4.42. The van der Waals surface area contributed by atoms with E-state index in [0.717, 1.165) is 37.1 Å². The normalized spacial score (nSPS) is 17.5. The van der Waals surface area contributed by atoms with Crippen LogP contribution in [0.1, 0.15) is 44.9 Å². The van der Waals surface area contributed by atoms with Gasteiger partial charge in [-0.05, 0) is 62.8 Å². The summed E-state index contributed by atoms with van der Waals surface area (Å²) in [6.45, 7) is 0.496. The number of nitriles is 1. The van der Waals surface area contributed by atoms with Gasteiger partial charge in [0.2, 0.25) is 0 Å². The van der Waals surface area contributed by atoms with Crippen LogP contribution in [0.2, 0.25) is 0 Å². The van der Waals surface area contributed by atoms with E-state index in [1.54, 1.807) is 4.90 Å². The maximum absolute atomic E-state index is 12.3. The van der Waals surface area contributed by atoms with E-state index in [1.807, 2.05) is 24.3 Å². The lowest BCUT2D eigenvalue weighted by Crippen LogP contribution is -2.37. The number of urea groups is 1. The van der Waals surface area contributed by atoms with Crippen molar-refractivity contribution in [1.29, 1.82) is 5.26 Å². The van der Waals surface area contributed by atoms with Crippen LogP contribution >= 0.6 is 0 Å². The van der Waals surface area contributed by atoms with Crippen molar-refractivity contribution in [1.82, 2.24) is 4.90 Å².